The van der Waals surface area contributed by atoms with Gasteiger partial charge in [-0.3, -0.25) is 9.59 Å². The molecular weight excluding hydrogens is 392 g/mol. The smallest absolute Gasteiger partial charge is 0.317 e. The number of carbonyl (C=O) groups is 2. The maximum Gasteiger partial charge on any atom is 0.317 e. The lowest BCUT2D eigenvalue weighted by Crippen LogP contribution is -2.20. The Labute approximate surface area is 162 Å². The summed E-state index contributed by atoms with van der Waals surface area (Å²) in [5, 5.41) is 12.0. The zero-order valence-corrected chi connectivity index (χ0v) is 15.2. The highest BCUT2D eigenvalue weighted by Crippen LogP contribution is 2.46. The largest absolute Gasteiger partial charge is 0.486 e. The molecule has 1 aromatic carbocycles. The number of amides is 2. The molecule has 0 bridgehead atoms. The van der Waals surface area contributed by atoms with Crippen LogP contribution in [0.1, 0.15) is 26.7 Å². The minimum Gasteiger partial charge on any atom is -0.486 e. The minimum absolute atomic E-state index is 0.0734. The number of aliphatic hydroxyl groups excluding tert-OH is 1. The van der Waals surface area contributed by atoms with Gasteiger partial charge in [0.15, 0.2) is 11.6 Å². The number of hydrogen-bond donors (Lipinski definition) is 3. The first-order valence-corrected chi connectivity index (χ1v) is 8.96. The van der Waals surface area contributed by atoms with E-state index in [4.69, 9.17) is 10.5 Å². The van der Waals surface area contributed by atoms with Crippen LogP contribution in [-0.2, 0) is 10.7 Å². The standard InChI is InChI=1S/C18H15F2N3O4S/c19-18(20)8-27-13-4-2-10(1-3-11(25)5-6-22-9-24)7-12(13)14-15(18)28-17(23-14)16(21)26/h2,4,7,9,11,25H,5-6,8H2,(H2,21,26)(H,22,24)/t11-/m0/s1. The number of ether oxygens (including phenoxy) is 1. The van der Waals surface area contributed by atoms with Crippen LogP contribution in [0, 0.1) is 11.8 Å². The molecule has 3 rings (SSSR count). The van der Waals surface area contributed by atoms with E-state index in [1.165, 1.54) is 12.1 Å². The number of fused-ring (bicyclic) bond motifs is 3. The van der Waals surface area contributed by atoms with Crippen molar-refractivity contribution >= 4 is 23.7 Å². The van der Waals surface area contributed by atoms with E-state index in [1.54, 1.807) is 6.07 Å². The molecule has 2 heterocycles. The van der Waals surface area contributed by atoms with Crippen LogP contribution >= 0.6 is 11.3 Å². The van der Waals surface area contributed by atoms with Crippen molar-refractivity contribution in [2.24, 2.45) is 5.73 Å². The summed E-state index contributed by atoms with van der Waals surface area (Å²) in [5.41, 5.74) is 5.82. The van der Waals surface area contributed by atoms with Gasteiger partial charge in [-0.25, -0.2) is 4.98 Å². The fourth-order valence-corrected chi connectivity index (χ4v) is 3.42. The molecule has 0 saturated carbocycles. The quantitative estimate of drug-likeness (QED) is 0.392. The van der Waals surface area contributed by atoms with E-state index in [1.807, 2.05) is 0 Å². The third-order valence-electron chi connectivity index (χ3n) is 3.84. The number of hydrogen-bond acceptors (Lipinski definition) is 6. The van der Waals surface area contributed by atoms with Crippen molar-refractivity contribution < 1.29 is 28.2 Å². The molecule has 7 nitrogen and oxygen atoms in total. The molecule has 0 unspecified atom stereocenters. The topological polar surface area (TPSA) is 115 Å². The minimum atomic E-state index is -3.33. The fourth-order valence-electron chi connectivity index (χ4n) is 2.53. The Kier molecular flexibility index (Phi) is 5.58. The van der Waals surface area contributed by atoms with Crippen molar-refractivity contribution in [2.75, 3.05) is 13.2 Å². The van der Waals surface area contributed by atoms with Crippen LogP contribution in [0.2, 0.25) is 0 Å². The lowest BCUT2D eigenvalue weighted by molar-refractivity contribution is -0.109. The molecule has 10 heteroatoms. The summed E-state index contributed by atoms with van der Waals surface area (Å²) in [6.45, 7) is -0.620. The number of aliphatic hydroxyl groups is 1. The van der Waals surface area contributed by atoms with E-state index in [2.05, 4.69) is 22.1 Å². The average molecular weight is 407 g/mol. The number of alkyl halides is 2. The monoisotopic (exact) mass is 407 g/mol. The molecule has 4 N–H and O–H groups in total. The van der Waals surface area contributed by atoms with Gasteiger partial charge in [0.2, 0.25) is 6.41 Å². The number of benzene rings is 1. The molecule has 0 radical (unpaired) electrons. The van der Waals surface area contributed by atoms with Gasteiger partial charge in [0.05, 0.1) is 5.69 Å². The van der Waals surface area contributed by atoms with Gasteiger partial charge in [0, 0.05) is 24.1 Å². The summed E-state index contributed by atoms with van der Waals surface area (Å²) >= 11 is 0.536. The van der Waals surface area contributed by atoms with Gasteiger partial charge < -0.3 is 20.9 Å². The number of nitrogens with zero attached hydrogens (tertiary/aromatic N) is 1. The Bertz CT molecular complexity index is 981. The molecule has 0 aliphatic carbocycles. The molecule has 2 aromatic rings. The highest BCUT2D eigenvalue weighted by atomic mass is 32.1. The number of nitrogens with two attached hydrogens (primary N) is 1. The first kappa shape index (κ1) is 19.7. The van der Waals surface area contributed by atoms with E-state index in [9.17, 15) is 23.5 Å². The fraction of sp³-hybridized carbons (Fsp3) is 0.278. The van der Waals surface area contributed by atoms with E-state index in [0.717, 1.165) is 0 Å². The summed E-state index contributed by atoms with van der Waals surface area (Å²) < 4.78 is 34.0. The first-order valence-electron chi connectivity index (χ1n) is 8.14. The molecule has 1 aliphatic heterocycles. The Hall–Kier alpha value is -3.03. The Balaban J connectivity index is 1.97. The Morgan fingerprint density at radius 2 is 2.32 bits per heavy atom. The van der Waals surface area contributed by atoms with Crippen LogP contribution in [0.25, 0.3) is 11.3 Å². The molecule has 146 valence electrons. The SMILES string of the molecule is NC(=O)c1nc2c(s1)C(F)(F)COc1ccc(C#C[C@H](O)CCNC=O)cc1-2. The number of nitrogens with one attached hydrogen (secondary N) is 1. The van der Waals surface area contributed by atoms with Gasteiger partial charge in [-0.2, -0.15) is 8.78 Å². The van der Waals surface area contributed by atoms with E-state index in [-0.39, 0.29) is 35.0 Å². The molecule has 28 heavy (non-hydrogen) atoms. The first-order chi connectivity index (χ1) is 13.3. The third kappa shape index (κ3) is 4.11. The van der Waals surface area contributed by atoms with Gasteiger partial charge >= 0.3 is 5.92 Å². The van der Waals surface area contributed by atoms with Gasteiger partial charge in [0.25, 0.3) is 5.91 Å². The van der Waals surface area contributed by atoms with Crippen LogP contribution in [0.5, 0.6) is 5.75 Å². The molecule has 2 amide bonds. The predicted molar refractivity (Wildman–Crippen MR) is 97.0 cm³/mol. The second-order valence-electron chi connectivity index (χ2n) is 5.91. The van der Waals surface area contributed by atoms with Crippen molar-refractivity contribution in [3.63, 3.8) is 0 Å². The van der Waals surface area contributed by atoms with Crippen LogP contribution in [0.15, 0.2) is 18.2 Å². The number of halogens is 2. The highest BCUT2D eigenvalue weighted by Gasteiger charge is 2.42. The lowest BCUT2D eigenvalue weighted by atomic mass is 10.0. The maximum absolute atomic E-state index is 14.4. The molecule has 0 saturated heterocycles. The second kappa shape index (κ2) is 7.92. The van der Waals surface area contributed by atoms with Crippen molar-refractivity contribution in [3.05, 3.63) is 33.6 Å². The zero-order chi connectivity index (χ0) is 20.3. The summed E-state index contributed by atoms with van der Waals surface area (Å²) in [6, 6.07) is 4.55. The lowest BCUT2D eigenvalue weighted by Gasteiger charge is -2.12. The number of primary amides is 1. The molecule has 1 aliphatic rings. The highest BCUT2D eigenvalue weighted by molar-refractivity contribution is 7.14. The van der Waals surface area contributed by atoms with Crippen LogP contribution in [0.4, 0.5) is 8.78 Å². The molecule has 1 aromatic heterocycles. The van der Waals surface area contributed by atoms with Gasteiger partial charge in [0.1, 0.15) is 16.7 Å². The second-order valence-corrected chi connectivity index (χ2v) is 6.91. The number of rotatable bonds is 5. The van der Waals surface area contributed by atoms with E-state index >= 15 is 0 Å². The van der Waals surface area contributed by atoms with E-state index < -0.39 is 29.4 Å². The number of thiazole rings is 1. The summed E-state index contributed by atoms with van der Waals surface area (Å²) in [4.78, 5) is 25.2. The Morgan fingerprint density at radius 1 is 1.54 bits per heavy atom. The van der Waals surface area contributed by atoms with Crippen molar-refractivity contribution in [3.8, 4) is 28.8 Å². The number of carbonyl (C=O) groups excluding carboxylic acids is 2. The van der Waals surface area contributed by atoms with Crippen molar-refractivity contribution in [2.45, 2.75) is 18.4 Å². The zero-order valence-electron chi connectivity index (χ0n) is 14.4. The predicted octanol–water partition coefficient (Wildman–Crippen LogP) is 1.24. The Morgan fingerprint density at radius 3 is 3.04 bits per heavy atom. The summed E-state index contributed by atoms with van der Waals surface area (Å²) in [6.07, 6.45) is -0.207. The summed E-state index contributed by atoms with van der Waals surface area (Å²) in [5.74, 6) is 1.33. The molecule has 1 atom stereocenters. The van der Waals surface area contributed by atoms with Crippen LogP contribution in [-0.4, -0.2) is 41.7 Å². The maximum atomic E-state index is 14.4. The average Bonchev–Trinajstić information content (AvgIpc) is 3.08. The third-order valence-corrected chi connectivity index (χ3v) is 5.02. The molecule has 0 fully saturated rings. The molecular formula is C18H15F2N3O4S. The van der Waals surface area contributed by atoms with E-state index in [0.29, 0.717) is 23.3 Å². The van der Waals surface area contributed by atoms with Gasteiger partial charge in [-0.15, -0.1) is 11.3 Å². The van der Waals surface area contributed by atoms with Gasteiger partial charge in [-0.1, -0.05) is 11.8 Å². The van der Waals surface area contributed by atoms with Crippen LogP contribution < -0.4 is 15.8 Å². The normalized spacial score (nSPS) is 15.0. The van der Waals surface area contributed by atoms with Crippen molar-refractivity contribution in [1.29, 1.82) is 0 Å². The number of aromatic nitrogens is 1. The molecule has 0 spiro atoms. The van der Waals surface area contributed by atoms with Gasteiger partial charge in [-0.05, 0) is 18.2 Å². The van der Waals surface area contributed by atoms with Crippen LogP contribution in [0.3, 0.4) is 0 Å². The van der Waals surface area contributed by atoms with Crippen molar-refractivity contribution in [1.82, 2.24) is 10.3 Å². The summed E-state index contributed by atoms with van der Waals surface area (Å²) in [7, 11) is 0.